The molecule has 0 bridgehead atoms. The van der Waals surface area contributed by atoms with Crippen molar-refractivity contribution in [2.45, 2.75) is 33.2 Å². The highest BCUT2D eigenvalue weighted by atomic mass is 16.5. The number of fused-ring (bicyclic) bond motifs is 1. The third-order valence-electron chi connectivity index (χ3n) is 6.43. The van der Waals surface area contributed by atoms with Gasteiger partial charge in [-0.15, -0.1) is 0 Å². The second-order valence-electron chi connectivity index (χ2n) is 8.89. The number of ether oxygens (including phenoxy) is 1. The van der Waals surface area contributed by atoms with E-state index in [4.69, 9.17) is 9.72 Å². The maximum absolute atomic E-state index is 13.6. The number of piperidine rings is 1. The number of benzene rings is 1. The molecule has 9 heteroatoms. The van der Waals surface area contributed by atoms with Gasteiger partial charge in [-0.2, -0.15) is 5.26 Å². The van der Waals surface area contributed by atoms with Crippen molar-refractivity contribution in [1.29, 1.82) is 5.26 Å². The van der Waals surface area contributed by atoms with E-state index in [0.717, 1.165) is 11.1 Å². The first-order valence-electron chi connectivity index (χ1n) is 12.3. The Hall–Kier alpha value is -4.45. The number of anilines is 1. The van der Waals surface area contributed by atoms with E-state index in [1.807, 2.05) is 54.3 Å². The van der Waals surface area contributed by atoms with Crippen LogP contribution in [0.1, 0.15) is 36.5 Å². The van der Waals surface area contributed by atoms with E-state index < -0.39 is 5.91 Å². The van der Waals surface area contributed by atoms with Crippen molar-refractivity contribution in [1.82, 2.24) is 14.7 Å². The number of hydrogen-bond acceptors (Lipinski definition) is 7. The Morgan fingerprint density at radius 1 is 1.19 bits per heavy atom. The number of nitriles is 1. The van der Waals surface area contributed by atoms with Crippen LogP contribution in [0.15, 0.2) is 59.0 Å². The van der Waals surface area contributed by atoms with Gasteiger partial charge in [0.25, 0.3) is 11.5 Å². The van der Waals surface area contributed by atoms with E-state index in [1.165, 1.54) is 10.5 Å². The fraction of sp³-hybridized carbons (Fsp3) is 0.321. The summed E-state index contributed by atoms with van der Waals surface area (Å²) in [6.45, 7) is 5.21. The van der Waals surface area contributed by atoms with E-state index in [0.29, 0.717) is 44.0 Å². The molecule has 9 nitrogen and oxygen atoms in total. The summed E-state index contributed by atoms with van der Waals surface area (Å²) in [4.78, 5) is 45.4. The number of esters is 1. The number of aromatic nitrogens is 2. The molecule has 0 unspecified atom stereocenters. The monoisotopic (exact) mass is 499 g/mol. The number of pyridine rings is 1. The van der Waals surface area contributed by atoms with Crippen molar-refractivity contribution in [3.63, 3.8) is 0 Å². The fourth-order valence-electron chi connectivity index (χ4n) is 4.42. The van der Waals surface area contributed by atoms with Gasteiger partial charge in [0.2, 0.25) is 0 Å². The fourth-order valence-corrected chi connectivity index (χ4v) is 4.42. The molecule has 4 rings (SSSR count). The molecule has 37 heavy (non-hydrogen) atoms. The Kier molecular flexibility index (Phi) is 7.98. The lowest BCUT2D eigenvalue weighted by molar-refractivity contribution is -0.148. The van der Waals surface area contributed by atoms with E-state index in [9.17, 15) is 19.6 Å². The van der Waals surface area contributed by atoms with E-state index in [1.54, 1.807) is 19.2 Å². The van der Waals surface area contributed by atoms with Crippen LogP contribution in [0.25, 0.3) is 11.7 Å². The average molecular weight is 500 g/mol. The quantitative estimate of drug-likeness (QED) is 0.302. The third-order valence-corrected chi connectivity index (χ3v) is 6.43. The number of amides is 1. The maximum Gasteiger partial charge on any atom is 0.309 e. The minimum atomic E-state index is -0.577. The van der Waals surface area contributed by atoms with Gasteiger partial charge in [0.05, 0.1) is 18.1 Å². The summed E-state index contributed by atoms with van der Waals surface area (Å²) in [5.74, 6) is -0.610. The SMILES string of the molecule is CCOC(=O)C1CCN(c2nc3c(C)cccn3c(=O)c2C=C(C#N)C(=O)NCc2ccccc2)CC1. The molecule has 3 aromatic rings. The van der Waals surface area contributed by atoms with E-state index in [2.05, 4.69) is 5.32 Å². The number of nitrogens with one attached hydrogen (secondary N) is 1. The molecule has 0 atom stereocenters. The molecule has 190 valence electrons. The van der Waals surface area contributed by atoms with Gasteiger partial charge < -0.3 is 15.0 Å². The Morgan fingerprint density at radius 3 is 2.59 bits per heavy atom. The number of rotatable bonds is 7. The van der Waals surface area contributed by atoms with Crippen LogP contribution in [-0.4, -0.2) is 41.0 Å². The topological polar surface area (TPSA) is 117 Å². The molecule has 2 aromatic heterocycles. The molecule has 1 aliphatic rings. The standard InChI is InChI=1S/C28H29N5O4/c1-3-37-28(36)21-11-14-32(15-12-21)25-23(27(35)33-13-7-8-19(2)24(33)31-25)16-22(17-29)26(34)30-18-20-9-5-4-6-10-20/h4-10,13,16,21H,3,11-12,14-15,18H2,1-2H3,(H,30,34). The summed E-state index contributed by atoms with van der Waals surface area (Å²) in [6.07, 6.45) is 4.05. The lowest BCUT2D eigenvalue weighted by Gasteiger charge is -2.32. The Morgan fingerprint density at radius 2 is 1.92 bits per heavy atom. The molecular formula is C28H29N5O4. The number of carbonyl (C=O) groups excluding carboxylic acids is 2. The van der Waals surface area contributed by atoms with Crippen molar-refractivity contribution in [2.75, 3.05) is 24.6 Å². The van der Waals surface area contributed by atoms with Crippen molar-refractivity contribution < 1.29 is 14.3 Å². The summed E-state index contributed by atoms with van der Waals surface area (Å²) >= 11 is 0. The zero-order valence-electron chi connectivity index (χ0n) is 20.9. The van der Waals surface area contributed by atoms with Gasteiger partial charge in [-0.25, -0.2) is 4.98 Å². The maximum atomic E-state index is 13.6. The summed E-state index contributed by atoms with van der Waals surface area (Å²) < 4.78 is 6.59. The summed E-state index contributed by atoms with van der Waals surface area (Å²) in [7, 11) is 0. The predicted octanol–water partition coefficient (Wildman–Crippen LogP) is 3.01. The van der Waals surface area contributed by atoms with Crippen molar-refractivity contribution in [2.24, 2.45) is 5.92 Å². The van der Waals surface area contributed by atoms with Crippen LogP contribution >= 0.6 is 0 Å². The van der Waals surface area contributed by atoms with Gasteiger partial charge >= 0.3 is 5.97 Å². The Balaban J connectivity index is 1.70. The number of aryl methyl sites for hydroxylation is 1. The molecule has 1 amide bonds. The summed E-state index contributed by atoms with van der Waals surface area (Å²) in [6, 6.07) is 14.9. The summed E-state index contributed by atoms with van der Waals surface area (Å²) in [5, 5.41) is 12.5. The zero-order valence-corrected chi connectivity index (χ0v) is 20.9. The molecule has 0 saturated carbocycles. The van der Waals surface area contributed by atoms with Gasteiger partial charge in [0, 0.05) is 25.8 Å². The molecule has 1 fully saturated rings. The molecule has 1 aliphatic heterocycles. The average Bonchev–Trinajstić information content (AvgIpc) is 2.92. The number of hydrogen-bond donors (Lipinski definition) is 1. The molecule has 1 aromatic carbocycles. The van der Waals surface area contributed by atoms with Crippen LogP contribution in [-0.2, 0) is 20.9 Å². The second kappa shape index (κ2) is 11.5. The van der Waals surface area contributed by atoms with Gasteiger partial charge in [0.15, 0.2) is 0 Å². The Labute approximate surface area is 215 Å². The van der Waals surface area contributed by atoms with Gasteiger partial charge in [-0.3, -0.25) is 18.8 Å². The smallest absolute Gasteiger partial charge is 0.309 e. The first-order valence-corrected chi connectivity index (χ1v) is 12.3. The lowest BCUT2D eigenvalue weighted by atomic mass is 9.96. The highest BCUT2D eigenvalue weighted by Crippen LogP contribution is 2.26. The second-order valence-corrected chi connectivity index (χ2v) is 8.89. The normalized spacial score (nSPS) is 14.3. The van der Waals surface area contributed by atoms with Crippen LogP contribution in [0, 0.1) is 24.2 Å². The van der Waals surface area contributed by atoms with Crippen LogP contribution in [0.5, 0.6) is 0 Å². The highest BCUT2D eigenvalue weighted by molar-refractivity contribution is 6.02. The van der Waals surface area contributed by atoms with Crippen molar-refractivity contribution in [3.8, 4) is 6.07 Å². The number of carbonyl (C=O) groups is 2. The molecule has 0 spiro atoms. The molecule has 0 radical (unpaired) electrons. The van der Waals surface area contributed by atoms with Crippen LogP contribution in [0.4, 0.5) is 5.82 Å². The van der Waals surface area contributed by atoms with Crippen molar-refractivity contribution >= 4 is 29.4 Å². The third kappa shape index (κ3) is 5.70. The largest absolute Gasteiger partial charge is 0.466 e. The van der Waals surface area contributed by atoms with Gasteiger partial charge in [0.1, 0.15) is 23.1 Å². The zero-order chi connectivity index (χ0) is 26.4. The summed E-state index contributed by atoms with van der Waals surface area (Å²) in [5.41, 5.74) is 1.80. The van der Waals surface area contributed by atoms with Crippen LogP contribution in [0.2, 0.25) is 0 Å². The molecule has 1 saturated heterocycles. The first-order chi connectivity index (χ1) is 17.9. The van der Waals surface area contributed by atoms with Gasteiger partial charge in [-0.05, 0) is 50.0 Å². The lowest BCUT2D eigenvalue weighted by Crippen LogP contribution is -2.39. The molecule has 3 heterocycles. The minimum absolute atomic E-state index is 0.157. The van der Waals surface area contributed by atoms with Crippen LogP contribution < -0.4 is 15.8 Å². The Bertz CT molecular complexity index is 1430. The number of nitrogens with zero attached hydrogens (tertiary/aromatic N) is 4. The minimum Gasteiger partial charge on any atom is -0.466 e. The van der Waals surface area contributed by atoms with E-state index in [-0.39, 0.29) is 35.1 Å². The van der Waals surface area contributed by atoms with Gasteiger partial charge in [-0.1, -0.05) is 36.4 Å². The van der Waals surface area contributed by atoms with Crippen molar-refractivity contribution in [3.05, 3.63) is 81.3 Å². The van der Waals surface area contributed by atoms with E-state index >= 15 is 0 Å². The molecule has 1 N–H and O–H groups in total. The predicted molar refractivity (Wildman–Crippen MR) is 140 cm³/mol. The molecular weight excluding hydrogens is 470 g/mol. The first kappa shape index (κ1) is 25.6. The van der Waals surface area contributed by atoms with Crippen LogP contribution in [0.3, 0.4) is 0 Å². The highest BCUT2D eigenvalue weighted by Gasteiger charge is 2.29. The molecule has 0 aliphatic carbocycles.